The molecule has 0 saturated heterocycles. The second kappa shape index (κ2) is 4.51. The molecule has 98 valence electrons. The van der Waals surface area contributed by atoms with Crippen molar-refractivity contribution >= 4 is 5.97 Å². The van der Waals surface area contributed by atoms with E-state index >= 15 is 0 Å². The summed E-state index contributed by atoms with van der Waals surface area (Å²) in [6.07, 6.45) is -3.95. The minimum Gasteiger partial charge on any atom is -0.484 e. The molecule has 1 aliphatic rings. The Labute approximate surface area is 101 Å². The smallest absolute Gasteiger partial charge is 0.422 e. The molecule has 2 rings (SSSR count). The van der Waals surface area contributed by atoms with E-state index in [1.54, 1.807) is 18.2 Å². The minimum atomic E-state index is -4.40. The van der Waals surface area contributed by atoms with Gasteiger partial charge in [0, 0.05) is 5.92 Å². The molecule has 1 aromatic carbocycles. The lowest BCUT2D eigenvalue weighted by atomic mass is 10.1. The maximum absolute atomic E-state index is 12.1. The molecule has 1 N–H and O–H groups in total. The van der Waals surface area contributed by atoms with Crippen molar-refractivity contribution in [1.29, 1.82) is 0 Å². The van der Waals surface area contributed by atoms with Crippen molar-refractivity contribution in [2.75, 3.05) is 6.61 Å². The first-order chi connectivity index (χ1) is 8.38. The normalized spacial score (nSPS) is 22.6. The summed E-state index contributed by atoms with van der Waals surface area (Å²) in [5.74, 6) is -1.57. The third kappa shape index (κ3) is 2.94. The Kier molecular flexibility index (Phi) is 3.19. The number of para-hydroxylation sites is 1. The van der Waals surface area contributed by atoms with Gasteiger partial charge in [0.1, 0.15) is 5.75 Å². The number of hydrogen-bond acceptors (Lipinski definition) is 2. The van der Waals surface area contributed by atoms with E-state index in [2.05, 4.69) is 0 Å². The summed E-state index contributed by atoms with van der Waals surface area (Å²) >= 11 is 0. The molecule has 0 bridgehead atoms. The van der Waals surface area contributed by atoms with E-state index in [0.717, 1.165) is 0 Å². The summed E-state index contributed by atoms with van der Waals surface area (Å²) in [7, 11) is 0. The first-order valence-corrected chi connectivity index (χ1v) is 5.40. The summed E-state index contributed by atoms with van der Waals surface area (Å²) in [4.78, 5) is 10.8. The number of rotatable bonds is 4. The van der Waals surface area contributed by atoms with Crippen LogP contribution in [0.4, 0.5) is 13.2 Å². The lowest BCUT2D eigenvalue weighted by Gasteiger charge is -2.12. The standard InChI is InChI=1S/C12H11F3O3/c13-12(14,15)6-18-10-4-2-1-3-7(10)8-5-9(8)11(16)17/h1-4,8-9H,5-6H2,(H,16,17)/t8-,9+/m1/s1. The SMILES string of the molecule is O=C(O)[C@H]1C[C@@H]1c1ccccc1OCC(F)(F)F. The Morgan fingerprint density at radius 2 is 2.06 bits per heavy atom. The van der Waals surface area contributed by atoms with Crippen molar-refractivity contribution < 1.29 is 27.8 Å². The van der Waals surface area contributed by atoms with Crippen LogP contribution in [-0.4, -0.2) is 23.9 Å². The Morgan fingerprint density at radius 3 is 2.61 bits per heavy atom. The van der Waals surface area contributed by atoms with Gasteiger partial charge in [0.25, 0.3) is 0 Å². The van der Waals surface area contributed by atoms with Gasteiger partial charge in [0.2, 0.25) is 0 Å². The molecule has 1 aliphatic carbocycles. The molecular weight excluding hydrogens is 249 g/mol. The lowest BCUT2D eigenvalue weighted by Crippen LogP contribution is -2.19. The van der Waals surface area contributed by atoms with E-state index in [1.807, 2.05) is 0 Å². The fourth-order valence-electron chi connectivity index (χ4n) is 1.89. The van der Waals surface area contributed by atoms with Gasteiger partial charge in [-0.15, -0.1) is 0 Å². The van der Waals surface area contributed by atoms with Crippen molar-refractivity contribution in [2.24, 2.45) is 5.92 Å². The monoisotopic (exact) mass is 260 g/mol. The Hall–Kier alpha value is -1.72. The molecule has 1 aromatic rings. The molecule has 0 heterocycles. The van der Waals surface area contributed by atoms with Crippen LogP contribution < -0.4 is 4.74 Å². The summed E-state index contributed by atoms with van der Waals surface area (Å²) in [5, 5.41) is 8.81. The molecule has 1 fully saturated rings. The van der Waals surface area contributed by atoms with Crippen LogP contribution in [0.5, 0.6) is 5.75 Å². The summed E-state index contributed by atoms with van der Waals surface area (Å²) in [5.41, 5.74) is 0.536. The van der Waals surface area contributed by atoms with Crippen molar-refractivity contribution in [3.8, 4) is 5.75 Å². The van der Waals surface area contributed by atoms with Crippen LogP contribution in [0.3, 0.4) is 0 Å². The number of carbonyl (C=O) groups is 1. The van der Waals surface area contributed by atoms with E-state index < -0.39 is 24.7 Å². The summed E-state index contributed by atoms with van der Waals surface area (Å²) in [6, 6.07) is 6.26. The molecular formula is C12H11F3O3. The number of hydrogen-bond donors (Lipinski definition) is 1. The van der Waals surface area contributed by atoms with E-state index in [-0.39, 0.29) is 11.7 Å². The molecule has 0 unspecified atom stereocenters. The van der Waals surface area contributed by atoms with Gasteiger partial charge in [-0.2, -0.15) is 13.2 Å². The van der Waals surface area contributed by atoms with E-state index in [4.69, 9.17) is 9.84 Å². The first kappa shape index (κ1) is 12.7. The molecule has 2 atom stereocenters. The molecule has 6 heteroatoms. The zero-order valence-electron chi connectivity index (χ0n) is 9.28. The van der Waals surface area contributed by atoms with Gasteiger partial charge in [-0.05, 0) is 18.1 Å². The van der Waals surface area contributed by atoms with Gasteiger partial charge < -0.3 is 9.84 Å². The van der Waals surface area contributed by atoms with Gasteiger partial charge >= 0.3 is 12.1 Å². The quantitative estimate of drug-likeness (QED) is 0.905. The van der Waals surface area contributed by atoms with Crippen molar-refractivity contribution in [2.45, 2.75) is 18.5 Å². The molecule has 3 nitrogen and oxygen atoms in total. The van der Waals surface area contributed by atoms with Crippen LogP contribution in [0.15, 0.2) is 24.3 Å². The topological polar surface area (TPSA) is 46.5 Å². The maximum atomic E-state index is 12.1. The van der Waals surface area contributed by atoms with Crippen LogP contribution in [0.1, 0.15) is 17.9 Å². The fourth-order valence-corrected chi connectivity index (χ4v) is 1.89. The number of halogens is 3. The van der Waals surface area contributed by atoms with Gasteiger partial charge in [-0.25, -0.2) is 0 Å². The number of carboxylic acids is 1. The van der Waals surface area contributed by atoms with Crippen LogP contribution >= 0.6 is 0 Å². The largest absolute Gasteiger partial charge is 0.484 e. The van der Waals surface area contributed by atoms with Gasteiger partial charge in [0.15, 0.2) is 6.61 Å². The molecule has 0 radical (unpaired) electrons. The predicted molar refractivity (Wildman–Crippen MR) is 56.5 cm³/mol. The Balaban J connectivity index is 2.10. The van der Waals surface area contributed by atoms with Crippen LogP contribution in [0.2, 0.25) is 0 Å². The Morgan fingerprint density at radius 1 is 1.39 bits per heavy atom. The highest BCUT2D eigenvalue weighted by Gasteiger charge is 2.45. The van der Waals surface area contributed by atoms with Gasteiger partial charge in [-0.1, -0.05) is 18.2 Å². The predicted octanol–water partition coefficient (Wildman–Crippen LogP) is 2.82. The lowest BCUT2D eigenvalue weighted by molar-refractivity contribution is -0.153. The van der Waals surface area contributed by atoms with E-state index in [1.165, 1.54) is 6.07 Å². The molecule has 0 amide bonds. The molecule has 18 heavy (non-hydrogen) atoms. The van der Waals surface area contributed by atoms with Crippen molar-refractivity contribution in [3.63, 3.8) is 0 Å². The maximum Gasteiger partial charge on any atom is 0.422 e. The zero-order chi connectivity index (χ0) is 13.3. The van der Waals surface area contributed by atoms with Crippen molar-refractivity contribution in [3.05, 3.63) is 29.8 Å². The number of aliphatic carboxylic acids is 1. The van der Waals surface area contributed by atoms with Crippen LogP contribution in [-0.2, 0) is 4.79 Å². The van der Waals surface area contributed by atoms with E-state index in [0.29, 0.717) is 12.0 Å². The average Bonchev–Trinajstić information content (AvgIpc) is 3.05. The highest BCUT2D eigenvalue weighted by atomic mass is 19.4. The first-order valence-electron chi connectivity index (χ1n) is 5.40. The molecule has 0 spiro atoms. The highest BCUT2D eigenvalue weighted by molar-refractivity contribution is 5.75. The van der Waals surface area contributed by atoms with Crippen LogP contribution in [0.25, 0.3) is 0 Å². The second-order valence-electron chi connectivity index (χ2n) is 4.23. The number of benzene rings is 1. The Bertz CT molecular complexity index is 456. The summed E-state index contributed by atoms with van der Waals surface area (Å²) in [6.45, 7) is -1.37. The molecule has 0 aliphatic heterocycles. The highest BCUT2D eigenvalue weighted by Crippen LogP contribution is 2.50. The van der Waals surface area contributed by atoms with Gasteiger partial charge in [-0.3, -0.25) is 4.79 Å². The third-order valence-corrected chi connectivity index (χ3v) is 2.82. The van der Waals surface area contributed by atoms with Crippen molar-refractivity contribution in [1.82, 2.24) is 0 Å². The summed E-state index contributed by atoms with van der Waals surface area (Å²) < 4.78 is 40.9. The average molecular weight is 260 g/mol. The fraction of sp³-hybridized carbons (Fsp3) is 0.417. The second-order valence-corrected chi connectivity index (χ2v) is 4.23. The van der Waals surface area contributed by atoms with E-state index in [9.17, 15) is 18.0 Å². The minimum absolute atomic E-state index is 0.114. The number of ether oxygens (including phenoxy) is 1. The third-order valence-electron chi connectivity index (χ3n) is 2.82. The number of alkyl halides is 3. The zero-order valence-corrected chi connectivity index (χ0v) is 9.28. The molecule has 1 saturated carbocycles. The van der Waals surface area contributed by atoms with Crippen LogP contribution in [0, 0.1) is 5.92 Å². The van der Waals surface area contributed by atoms with Gasteiger partial charge in [0.05, 0.1) is 5.92 Å². The number of carboxylic acid groups (broad SMARTS) is 1. The molecule has 0 aromatic heterocycles.